The van der Waals surface area contributed by atoms with Crippen LogP contribution in [-0.4, -0.2) is 0 Å². The highest BCUT2D eigenvalue weighted by Gasteiger charge is 2.15. The number of hydrogen-bond donors (Lipinski definition) is 0. The third-order valence-electron chi connectivity index (χ3n) is 5.18. The third kappa shape index (κ3) is 3.00. The number of fused-ring (bicyclic) bond motifs is 2. The van der Waals surface area contributed by atoms with Crippen molar-refractivity contribution in [1.82, 2.24) is 0 Å². The van der Waals surface area contributed by atoms with Crippen molar-refractivity contribution in [2.24, 2.45) is 14.1 Å². The molecule has 0 spiro atoms. The van der Waals surface area contributed by atoms with Gasteiger partial charge in [-0.15, -0.1) is 0 Å². The Balaban J connectivity index is 1.62. The van der Waals surface area contributed by atoms with Crippen molar-refractivity contribution >= 4 is 21.5 Å². The quantitative estimate of drug-likeness (QED) is 0.503. The van der Waals surface area contributed by atoms with Crippen molar-refractivity contribution < 1.29 is 9.13 Å². The van der Waals surface area contributed by atoms with Crippen LogP contribution in [0.25, 0.3) is 21.5 Å². The third-order valence-corrected chi connectivity index (χ3v) is 5.18. The molecule has 0 aliphatic rings. The van der Waals surface area contributed by atoms with Gasteiger partial charge in [-0.25, -0.2) is 9.13 Å². The van der Waals surface area contributed by atoms with Crippen molar-refractivity contribution in [3.05, 3.63) is 84.4 Å². The fourth-order valence-corrected chi connectivity index (χ4v) is 3.80. The second-order valence-electron chi connectivity index (χ2n) is 6.77. The number of hydrogen-bond acceptors (Lipinski definition) is 0. The standard InChI is InChI=1S/C23H24N2/c1-24-16-14-18-8-3-5-10-20(18)22(24)12-7-13-23-21-11-6-4-9-19(21)15-17-25(23)2/h3-6,8-11,14-17H,7,12-13H2,1-2H3/q+2. The first-order chi connectivity index (χ1) is 12.2. The maximum atomic E-state index is 2.27. The van der Waals surface area contributed by atoms with E-state index in [1.54, 1.807) is 0 Å². The number of pyridine rings is 2. The Hall–Kier alpha value is -2.74. The largest absolute Gasteiger partial charge is 0.205 e. The monoisotopic (exact) mass is 328 g/mol. The smallest absolute Gasteiger partial charge is 0.188 e. The molecule has 0 aliphatic heterocycles. The van der Waals surface area contributed by atoms with Crippen molar-refractivity contribution in [2.75, 3.05) is 0 Å². The van der Waals surface area contributed by atoms with Crippen LogP contribution in [0.5, 0.6) is 0 Å². The molecular formula is C23H24N2+2. The Bertz CT molecular complexity index is 965. The van der Waals surface area contributed by atoms with E-state index in [1.165, 1.54) is 32.9 Å². The predicted molar refractivity (Wildman–Crippen MR) is 102 cm³/mol. The van der Waals surface area contributed by atoms with E-state index in [4.69, 9.17) is 0 Å². The summed E-state index contributed by atoms with van der Waals surface area (Å²) in [6.07, 6.45) is 7.66. The molecule has 0 radical (unpaired) electrons. The molecule has 2 nitrogen and oxygen atoms in total. The molecule has 0 fully saturated rings. The minimum Gasteiger partial charge on any atom is -0.205 e. The van der Waals surface area contributed by atoms with Gasteiger partial charge in [-0.1, -0.05) is 36.4 Å². The summed E-state index contributed by atoms with van der Waals surface area (Å²) >= 11 is 0. The lowest BCUT2D eigenvalue weighted by molar-refractivity contribution is -0.679. The normalized spacial score (nSPS) is 11.3. The molecule has 0 unspecified atom stereocenters. The highest BCUT2D eigenvalue weighted by molar-refractivity contribution is 5.84. The van der Waals surface area contributed by atoms with E-state index in [0.717, 1.165) is 19.3 Å². The van der Waals surface area contributed by atoms with E-state index in [9.17, 15) is 0 Å². The van der Waals surface area contributed by atoms with Crippen molar-refractivity contribution in [3.63, 3.8) is 0 Å². The average Bonchev–Trinajstić information content (AvgIpc) is 2.65. The molecule has 0 bridgehead atoms. The summed E-state index contributed by atoms with van der Waals surface area (Å²) < 4.78 is 4.54. The van der Waals surface area contributed by atoms with Gasteiger partial charge >= 0.3 is 0 Å². The van der Waals surface area contributed by atoms with Crippen LogP contribution in [0.2, 0.25) is 0 Å². The lowest BCUT2D eigenvalue weighted by Crippen LogP contribution is -2.34. The minimum absolute atomic E-state index is 1.08. The zero-order chi connectivity index (χ0) is 17.2. The van der Waals surface area contributed by atoms with Crippen LogP contribution in [0.1, 0.15) is 17.8 Å². The van der Waals surface area contributed by atoms with Gasteiger partial charge in [-0.05, 0) is 29.3 Å². The van der Waals surface area contributed by atoms with E-state index in [0.29, 0.717) is 0 Å². The fourth-order valence-electron chi connectivity index (χ4n) is 3.80. The van der Waals surface area contributed by atoms with Gasteiger partial charge in [0, 0.05) is 35.7 Å². The van der Waals surface area contributed by atoms with Crippen LogP contribution in [-0.2, 0) is 26.9 Å². The van der Waals surface area contributed by atoms with Crippen molar-refractivity contribution in [2.45, 2.75) is 19.3 Å². The molecule has 0 atom stereocenters. The molecule has 4 rings (SSSR count). The maximum Gasteiger partial charge on any atom is 0.188 e. The second kappa shape index (κ2) is 6.64. The van der Waals surface area contributed by atoms with Crippen LogP contribution >= 0.6 is 0 Å². The SMILES string of the molecule is C[n+]1ccc2ccccc2c1CCCc1c2ccccc2cc[n+]1C. The number of benzene rings is 2. The van der Waals surface area contributed by atoms with Crippen LogP contribution in [0, 0.1) is 0 Å². The summed E-state index contributed by atoms with van der Waals surface area (Å²) in [7, 11) is 4.30. The highest BCUT2D eigenvalue weighted by atomic mass is 14.9. The summed E-state index contributed by atoms with van der Waals surface area (Å²) in [6.45, 7) is 0. The Morgan fingerprint density at radius 3 is 1.52 bits per heavy atom. The van der Waals surface area contributed by atoms with Gasteiger partial charge in [-0.2, -0.15) is 0 Å². The van der Waals surface area contributed by atoms with Gasteiger partial charge in [-0.3, -0.25) is 0 Å². The molecule has 2 aromatic heterocycles. The molecule has 2 heteroatoms. The molecule has 0 amide bonds. The Labute approximate surface area is 149 Å². The maximum absolute atomic E-state index is 2.27. The lowest BCUT2D eigenvalue weighted by atomic mass is 10.0. The Morgan fingerprint density at radius 2 is 1.04 bits per heavy atom. The lowest BCUT2D eigenvalue weighted by Gasteiger charge is -2.06. The Morgan fingerprint density at radius 1 is 0.600 bits per heavy atom. The van der Waals surface area contributed by atoms with E-state index >= 15 is 0 Å². The van der Waals surface area contributed by atoms with Crippen molar-refractivity contribution in [3.8, 4) is 0 Å². The predicted octanol–water partition coefficient (Wildman–Crippen LogP) is 3.82. The minimum atomic E-state index is 1.08. The van der Waals surface area contributed by atoms with E-state index < -0.39 is 0 Å². The molecule has 124 valence electrons. The first-order valence-corrected chi connectivity index (χ1v) is 8.96. The topological polar surface area (TPSA) is 7.76 Å². The van der Waals surface area contributed by atoms with Crippen LogP contribution in [0.3, 0.4) is 0 Å². The second-order valence-corrected chi connectivity index (χ2v) is 6.77. The summed E-state index contributed by atoms with van der Waals surface area (Å²) in [5, 5.41) is 5.39. The highest BCUT2D eigenvalue weighted by Crippen LogP contribution is 2.19. The molecule has 4 aromatic rings. The molecule has 2 heterocycles. The van der Waals surface area contributed by atoms with E-state index in [1.807, 2.05) is 0 Å². The first kappa shape index (κ1) is 15.8. The summed E-state index contributed by atoms with van der Waals surface area (Å²) in [6, 6.07) is 21.8. The first-order valence-electron chi connectivity index (χ1n) is 8.96. The van der Waals surface area contributed by atoms with Gasteiger partial charge in [0.25, 0.3) is 0 Å². The summed E-state index contributed by atoms with van der Waals surface area (Å²) in [5.41, 5.74) is 2.84. The summed E-state index contributed by atoms with van der Waals surface area (Å²) in [4.78, 5) is 0. The van der Waals surface area contributed by atoms with Crippen LogP contribution in [0.4, 0.5) is 0 Å². The molecule has 0 saturated carbocycles. The number of nitrogens with zero attached hydrogens (tertiary/aromatic N) is 2. The van der Waals surface area contributed by atoms with Crippen LogP contribution < -0.4 is 9.13 Å². The molecule has 0 N–H and O–H groups in total. The van der Waals surface area contributed by atoms with Gasteiger partial charge in [0.2, 0.25) is 0 Å². The molecular weight excluding hydrogens is 304 g/mol. The van der Waals surface area contributed by atoms with Gasteiger partial charge in [0.1, 0.15) is 14.1 Å². The molecule has 25 heavy (non-hydrogen) atoms. The number of aromatic nitrogens is 2. The average molecular weight is 328 g/mol. The fraction of sp³-hybridized carbons (Fsp3) is 0.217. The zero-order valence-corrected chi connectivity index (χ0v) is 14.9. The molecule has 0 saturated heterocycles. The zero-order valence-electron chi connectivity index (χ0n) is 14.9. The van der Waals surface area contributed by atoms with Gasteiger partial charge < -0.3 is 0 Å². The Kier molecular flexibility index (Phi) is 4.19. The van der Waals surface area contributed by atoms with E-state index in [-0.39, 0.29) is 0 Å². The number of aryl methyl sites for hydroxylation is 4. The van der Waals surface area contributed by atoms with Gasteiger partial charge in [0.15, 0.2) is 23.8 Å². The molecule has 2 aromatic carbocycles. The van der Waals surface area contributed by atoms with Crippen molar-refractivity contribution in [1.29, 1.82) is 0 Å². The van der Waals surface area contributed by atoms with Crippen LogP contribution in [0.15, 0.2) is 73.1 Å². The molecule has 0 aliphatic carbocycles. The summed E-state index contributed by atoms with van der Waals surface area (Å²) in [5.74, 6) is 0. The van der Waals surface area contributed by atoms with Gasteiger partial charge in [0.05, 0.1) is 0 Å². The number of rotatable bonds is 4. The van der Waals surface area contributed by atoms with E-state index in [2.05, 4.69) is 96.3 Å².